The van der Waals surface area contributed by atoms with E-state index in [9.17, 15) is 48.9 Å². The second kappa shape index (κ2) is 20.4. The number of phenols is 1. The molecule has 8 atom stereocenters. The Morgan fingerprint density at radius 3 is 2.16 bits per heavy atom. The van der Waals surface area contributed by atoms with Crippen molar-refractivity contribution in [3.05, 3.63) is 98.8 Å². The van der Waals surface area contributed by atoms with Crippen LogP contribution in [0.25, 0.3) is 0 Å². The van der Waals surface area contributed by atoms with Crippen molar-refractivity contribution in [1.82, 2.24) is 35.7 Å². The number of urea groups is 1. The number of H-pyrrole nitrogens is 1. The molecule has 0 bridgehead atoms. The van der Waals surface area contributed by atoms with E-state index in [-0.39, 0.29) is 37.5 Å². The summed E-state index contributed by atoms with van der Waals surface area (Å²) in [6.45, 7) is 5.14. The predicted octanol–water partition coefficient (Wildman–Crippen LogP) is -0.682. The minimum absolute atomic E-state index is 0.00615. The molecule has 10 N–H and O–H groups in total. The fourth-order valence-electron chi connectivity index (χ4n) is 6.50. The molecule has 1 unspecified atom stereocenters. The molecule has 1 aliphatic heterocycles. The third kappa shape index (κ3) is 12.5. The summed E-state index contributed by atoms with van der Waals surface area (Å²) in [6.07, 6.45) is -1.84. The highest BCUT2D eigenvalue weighted by molar-refractivity contribution is 5.93. The van der Waals surface area contributed by atoms with Gasteiger partial charge in [0.15, 0.2) is 6.23 Å². The standard InChI is InChI=1S/C39H52N8O11/c1-21(2)16-27(40)35(53)46(4)22(3)32(34(52)41-20-26-19-30(49)36(58-26)47-15-14-31(50)44-39(47)57)45-33(51)28(17-23-8-6-5-7-9-23)42-38(56)43-29(37(54)55)18-24-10-12-25(48)13-11-24/h5-15,21-22,26-30,32,36,48-49H,16-20,40H2,1-4H3,(H,41,52)(H,45,51)(H,54,55)(H2,42,43,56)(H,44,50,57)/t22-,26+,27-,28-,29-,30+,32?,36+/m0/s1. The predicted molar refractivity (Wildman–Crippen MR) is 209 cm³/mol. The number of benzene rings is 2. The van der Waals surface area contributed by atoms with Gasteiger partial charge in [0.1, 0.15) is 30.0 Å². The van der Waals surface area contributed by atoms with Gasteiger partial charge in [0, 0.05) is 45.1 Å². The maximum Gasteiger partial charge on any atom is 0.330 e. The maximum absolute atomic E-state index is 14.2. The van der Waals surface area contributed by atoms with Gasteiger partial charge in [-0.1, -0.05) is 56.3 Å². The number of likely N-dealkylation sites (N-methyl/N-ethyl adjacent to an activating group) is 1. The van der Waals surface area contributed by atoms with Crippen molar-refractivity contribution in [3.63, 3.8) is 0 Å². The number of ether oxygens (including phenoxy) is 1. The molecule has 1 aromatic heterocycles. The van der Waals surface area contributed by atoms with Crippen molar-refractivity contribution >= 4 is 29.7 Å². The number of aliphatic hydroxyl groups is 1. The molecule has 314 valence electrons. The fourth-order valence-corrected chi connectivity index (χ4v) is 6.50. The zero-order chi connectivity index (χ0) is 42.7. The van der Waals surface area contributed by atoms with Gasteiger partial charge >= 0.3 is 17.7 Å². The van der Waals surface area contributed by atoms with Crippen LogP contribution in [0.3, 0.4) is 0 Å². The maximum atomic E-state index is 14.2. The summed E-state index contributed by atoms with van der Waals surface area (Å²) in [7, 11) is 1.44. The number of aliphatic hydroxyl groups excluding tert-OH is 1. The van der Waals surface area contributed by atoms with Crippen molar-refractivity contribution in [1.29, 1.82) is 0 Å². The Kier molecular flexibility index (Phi) is 15.7. The monoisotopic (exact) mass is 808 g/mol. The number of nitrogens with zero attached hydrogens (tertiary/aromatic N) is 2. The number of hydrogen-bond donors (Lipinski definition) is 9. The third-order valence-corrected chi connectivity index (χ3v) is 9.74. The molecule has 2 aromatic carbocycles. The van der Waals surface area contributed by atoms with Gasteiger partial charge in [-0.2, -0.15) is 0 Å². The highest BCUT2D eigenvalue weighted by atomic mass is 16.5. The van der Waals surface area contributed by atoms with Crippen LogP contribution in [0.4, 0.5) is 4.79 Å². The Balaban J connectivity index is 1.55. The first-order valence-corrected chi connectivity index (χ1v) is 18.8. The molecule has 19 heteroatoms. The number of nitrogens with two attached hydrogens (primary N) is 1. The summed E-state index contributed by atoms with van der Waals surface area (Å²) in [5.41, 5.74) is 5.90. The summed E-state index contributed by atoms with van der Waals surface area (Å²) in [5, 5.41) is 40.4. The number of nitrogens with one attached hydrogen (secondary N) is 5. The number of hydrogen-bond acceptors (Lipinski definition) is 11. The largest absolute Gasteiger partial charge is 0.508 e. The van der Waals surface area contributed by atoms with Crippen molar-refractivity contribution < 1.29 is 44.0 Å². The van der Waals surface area contributed by atoms with Crippen LogP contribution in [0.5, 0.6) is 5.75 Å². The van der Waals surface area contributed by atoms with E-state index < -0.39 is 89.6 Å². The molecule has 4 rings (SSSR count). The quantitative estimate of drug-likeness (QED) is 0.0773. The molecule has 5 amide bonds. The van der Waals surface area contributed by atoms with Gasteiger partial charge in [-0.25, -0.2) is 14.4 Å². The number of aromatic amines is 1. The number of carboxylic acids is 1. The highest BCUT2D eigenvalue weighted by Crippen LogP contribution is 2.27. The lowest BCUT2D eigenvalue weighted by molar-refractivity contribution is -0.139. The number of carboxylic acid groups (broad SMARTS) is 1. The van der Waals surface area contributed by atoms with Gasteiger partial charge in [-0.15, -0.1) is 0 Å². The number of carbonyl (C=O) groups excluding carboxylic acids is 4. The molecule has 1 saturated heterocycles. The van der Waals surface area contributed by atoms with Crippen molar-refractivity contribution in [3.8, 4) is 5.75 Å². The van der Waals surface area contributed by atoms with Crippen molar-refractivity contribution in [2.45, 2.75) is 95.1 Å². The molecule has 3 aromatic rings. The summed E-state index contributed by atoms with van der Waals surface area (Å²) in [5.74, 6) is -3.38. The molecule has 0 spiro atoms. The van der Waals surface area contributed by atoms with Crippen molar-refractivity contribution in [2.24, 2.45) is 11.7 Å². The lowest BCUT2D eigenvalue weighted by atomic mass is 10.0. The number of amides is 5. The first-order chi connectivity index (χ1) is 27.4. The van der Waals surface area contributed by atoms with Crippen LogP contribution in [0.15, 0.2) is 76.4 Å². The van der Waals surface area contributed by atoms with E-state index in [1.807, 2.05) is 13.8 Å². The number of rotatable bonds is 18. The van der Waals surface area contributed by atoms with E-state index in [0.717, 1.165) is 10.6 Å². The van der Waals surface area contributed by atoms with E-state index in [1.165, 1.54) is 49.3 Å². The third-order valence-electron chi connectivity index (χ3n) is 9.74. The molecule has 0 saturated carbocycles. The van der Waals surface area contributed by atoms with E-state index in [2.05, 4.69) is 26.3 Å². The van der Waals surface area contributed by atoms with Crippen LogP contribution in [0.1, 0.15) is 51.0 Å². The first kappa shape index (κ1) is 44.7. The highest BCUT2D eigenvalue weighted by Gasteiger charge is 2.39. The van der Waals surface area contributed by atoms with Gasteiger partial charge in [-0.05, 0) is 42.5 Å². The average Bonchev–Trinajstić information content (AvgIpc) is 3.54. The smallest absolute Gasteiger partial charge is 0.330 e. The second-order valence-corrected chi connectivity index (χ2v) is 14.7. The molecular weight excluding hydrogens is 756 g/mol. The SMILES string of the molecule is CC(C)C[C@H](N)C(=O)N(C)[C@@H](C)C(NC(=O)[C@H](Cc1ccccc1)NC(=O)N[C@@H](Cc1ccc(O)cc1)C(=O)O)C(=O)NC[C@H]1C[C@@H](O)[C@H](n2ccc(=O)[nH]c2=O)O1. The first-order valence-electron chi connectivity index (χ1n) is 18.8. The minimum atomic E-state index is -1.44. The van der Waals surface area contributed by atoms with Crippen LogP contribution >= 0.6 is 0 Å². The summed E-state index contributed by atoms with van der Waals surface area (Å²) < 4.78 is 6.86. The molecular formula is C39H52N8O11. The van der Waals surface area contributed by atoms with Gasteiger partial charge in [0.05, 0.1) is 18.2 Å². The number of aliphatic carboxylic acids is 1. The summed E-state index contributed by atoms with van der Waals surface area (Å²) >= 11 is 0. The summed E-state index contributed by atoms with van der Waals surface area (Å²) in [6, 6.07) is 8.37. The number of aromatic nitrogens is 2. The molecule has 0 aliphatic carbocycles. The zero-order valence-electron chi connectivity index (χ0n) is 32.7. The van der Waals surface area contributed by atoms with Crippen LogP contribution < -0.4 is 38.2 Å². The summed E-state index contributed by atoms with van der Waals surface area (Å²) in [4.78, 5) is 94.3. The molecule has 19 nitrogen and oxygen atoms in total. The zero-order valence-corrected chi connectivity index (χ0v) is 32.7. The molecule has 0 radical (unpaired) electrons. The Bertz CT molecular complexity index is 2010. The van der Waals surface area contributed by atoms with Gasteiger partial charge < -0.3 is 52.0 Å². The Morgan fingerprint density at radius 2 is 1.53 bits per heavy atom. The van der Waals surface area contributed by atoms with Crippen LogP contribution in [0, 0.1) is 5.92 Å². The molecule has 1 aliphatic rings. The van der Waals surface area contributed by atoms with Gasteiger partial charge in [0.2, 0.25) is 17.7 Å². The Labute approximate surface area is 334 Å². The Hall–Kier alpha value is -6.05. The lowest BCUT2D eigenvalue weighted by Gasteiger charge is -2.34. The van der Waals surface area contributed by atoms with E-state index >= 15 is 0 Å². The Morgan fingerprint density at radius 1 is 0.914 bits per heavy atom. The fraction of sp³-hybridized carbons (Fsp3) is 0.462. The number of carbonyl (C=O) groups is 5. The van der Waals surface area contributed by atoms with Crippen LogP contribution in [-0.2, 0) is 36.8 Å². The normalized spacial score (nSPS) is 18.9. The van der Waals surface area contributed by atoms with E-state index in [0.29, 0.717) is 17.5 Å². The average molecular weight is 809 g/mol. The topological polar surface area (TPSA) is 288 Å². The van der Waals surface area contributed by atoms with Gasteiger partial charge in [-0.3, -0.25) is 28.7 Å². The number of phenolic OH excluding ortho intramolecular Hbond substituents is 1. The molecule has 2 heterocycles. The van der Waals surface area contributed by atoms with E-state index in [4.69, 9.17) is 10.5 Å². The number of aromatic hydroxyl groups is 1. The minimum Gasteiger partial charge on any atom is -0.508 e. The molecule has 58 heavy (non-hydrogen) atoms. The van der Waals surface area contributed by atoms with Crippen LogP contribution in [0.2, 0.25) is 0 Å². The van der Waals surface area contributed by atoms with Gasteiger partial charge in [0.25, 0.3) is 5.56 Å². The van der Waals surface area contributed by atoms with Crippen molar-refractivity contribution in [2.75, 3.05) is 13.6 Å². The van der Waals surface area contributed by atoms with Crippen LogP contribution in [-0.4, -0.2) is 116 Å². The molecule has 1 fully saturated rings. The van der Waals surface area contributed by atoms with E-state index in [1.54, 1.807) is 30.3 Å². The lowest BCUT2D eigenvalue weighted by Crippen LogP contribution is -2.63. The second-order valence-electron chi connectivity index (χ2n) is 14.7.